The van der Waals surface area contributed by atoms with E-state index in [1.54, 1.807) is 11.9 Å². The molecule has 3 nitrogen and oxygen atoms in total. The number of carbonyl (C=O) groups is 1. The molecule has 116 valence electrons. The zero-order valence-electron chi connectivity index (χ0n) is 11.8. The molecule has 0 radical (unpaired) electrons. The Morgan fingerprint density at radius 2 is 1.95 bits per heavy atom. The predicted molar refractivity (Wildman–Crippen MR) is 73.5 cm³/mol. The van der Waals surface area contributed by atoms with Crippen molar-refractivity contribution < 1.29 is 23.1 Å². The van der Waals surface area contributed by atoms with Gasteiger partial charge in [-0.3, -0.25) is 4.79 Å². The summed E-state index contributed by atoms with van der Waals surface area (Å²) >= 11 is 0. The summed E-state index contributed by atoms with van der Waals surface area (Å²) in [5.41, 5.74) is -1.82. The molecule has 1 saturated carbocycles. The van der Waals surface area contributed by atoms with Gasteiger partial charge in [0.1, 0.15) is 0 Å². The Morgan fingerprint density at radius 1 is 1.33 bits per heavy atom. The summed E-state index contributed by atoms with van der Waals surface area (Å²) in [5, 5.41) is 10.3. The van der Waals surface area contributed by atoms with Crippen molar-refractivity contribution in [1.29, 1.82) is 0 Å². The van der Waals surface area contributed by atoms with Crippen LogP contribution >= 0.6 is 0 Å². The van der Waals surface area contributed by atoms with E-state index in [2.05, 4.69) is 0 Å². The van der Waals surface area contributed by atoms with Gasteiger partial charge in [0.15, 0.2) is 6.29 Å². The number of aliphatic hydroxyl groups is 1. The van der Waals surface area contributed by atoms with Crippen molar-refractivity contribution in [3.8, 4) is 0 Å². The summed E-state index contributed by atoms with van der Waals surface area (Å²) in [7, 11) is 1.65. The molecule has 1 aromatic rings. The normalized spacial score (nSPS) is 17.8. The Bertz CT molecular complexity index is 522. The zero-order chi connectivity index (χ0) is 15.7. The van der Waals surface area contributed by atoms with Crippen LogP contribution in [0.2, 0.25) is 0 Å². The Kier molecular flexibility index (Phi) is 4.27. The molecule has 0 spiro atoms. The van der Waals surface area contributed by atoms with Crippen LogP contribution in [0.5, 0.6) is 0 Å². The van der Waals surface area contributed by atoms with Crippen molar-refractivity contribution in [2.45, 2.75) is 37.5 Å². The van der Waals surface area contributed by atoms with E-state index < -0.39 is 17.3 Å². The Labute approximate surface area is 121 Å². The van der Waals surface area contributed by atoms with Crippen molar-refractivity contribution in [2.24, 2.45) is 0 Å². The Morgan fingerprint density at radius 3 is 2.48 bits per heavy atom. The molecule has 1 fully saturated rings. The molecule has 0 saturated heterocycles. The molecule has 0 aliphatic heterocycles. The minimum Gasteiger partial charge on any atom is -0.388 e. The third-order valence-electron chi connectivity index (χ3n) is 3.98. The smallest absolute Gasteiger partial charge is 0.388 e. The van der Waals surface area contributed by atoms with Gasteiger partial charge < -0.3 is 10.0 Å². The molecule has 0 aromatic heterocycles. The molecular weight excluding hydrogens is 283 g/mol. The lowest BCUT2D eigenvalue weighted by molar-refractivity contribution is -0.137. The summed E-state index contributed by atoms with van der Waals surface area (Å²) in [6, 6.07) is 3.60. The summed E-state index contributed by atoms with van der Waals surface area (Å²) in [6.07, 6.45) is -1.18. The fraction of sp³-hybridized carbons (Fsp3) is 0.533. The largest absolute Gasteiger partial charge is 0.417 e. The summed E-state index contributed by atoms with van der Waals surface area (Å²) in [5.74, 6) is 0. The first kappa shape index (κ1) is 15.8. The second-order valence-electron chi connectivity index (χ2n) is 5.67. The minimum atomic E-state index is -4.57. The van der Waals surface area contributed by atoms with Gasteiger partial charge in [0.25, 0.3) is 0 Å². The van der Waals surface area contributed by atoms with Gasteiger partial charge in [-0.2, -0.15) is 13.2 Å². The molecule has 0 atom stereocenters. The van der Waals surface area contributed by atoms with Crippen LogP contribution < -0.4 is 4.90 Å². The molecule has 0 amide bonds. The first-order valence-electron chi connectivity index (χ1n) is 6.85. The average molecular weight is 301 g/mol. The zero-order valence-corrected chi connectivity index (χ0v) is 11.8. The van der Waals surface area contributed by atoms with Crippen molar-refractivity contribution in [3.63, 3.8) is 0 Å². The van der Waals surface area contributed by atoms with Crippen LogP contribution in [0.4, 0.5) is 18.9 Å². The highest BCUT2D eigenvalue weighted by Crippen LogP contribution is 2.35. The molecule has 6 heteroatoms. The van der Waals surface area contributed by atoms with Gasteiger partial charge in [-0.25, -0.2) is 0 Å². The van der Waals surface area contributed by atoms with Crippen molar-refractivity contribution in [1.82, 2.24) is 0 Å². The number of halogens is 3. The number of rotatable bonds is 4. The van der Waals surface area contributed by atoms with E-state index in [1.807, 2.05) is 0 Å². The molecular formula is C15H18F3NO2. The second kappa shape index (κ2) is 5.67. The minimum absolute atomic E-state index is 0.205. The van der Waals surface area contributed by atoms with Gasteiger partial charge in [-0.05, 0) is 31.0 Å². The van der Waals surface area contributed by atoms with Gasteiger partial charge in [0.2, 0.25) is 0 Å². The maximum Gasteiger partial charge on any atom is 0.417 e. The van der Waals surface area contributed by atoms with Crippen LogP contribution in [-0.4, -0.2) is 30.6 Å². The molecule has 0 unspecified atom stereocenters. The summed E-state index contributed by atoms with van der Waals surface area (Å²) in [6.45, 7) is 0.282. The van der Waals surface area contributed by atoms with E-state index >= 15 is 0 Å². The highest BCUT2D eigenvalue weighted by molar-refractivity contribution is 5.79. The number of hydrogen-bond donors (Lipinski definition) is 1. The van der Waals surface area contributed by atoms with Crippen LogP contribution in [0.3, 0.4) is 0 Å². The Hall–Kier alpha value is -1.56. The lowest BCUT2D eigenvalue weighted by Crippen LogP contribution is -2.39. The fourth-order valence-corrected chi connectivity index (χ4v) is 2.85. The maximum atomic E-state index is 12.9. The quantitative estimate of drug-likeness (QED) is 0.868. The SMILES string of the molecule is CN(CC1(O)CCCC1)c1ccc(C=O)c(C(F)(F)F)c1. The van der Waals surface area contributed by atoms with E-state index in [0.717, 1.165) is 18.9 Å². The number of likely N-dealkylation sites (N-methyl/N-ethyl adjacent to an activating group) is 1. The number of nitrogens with zero attached hydrogens (tertiary/aromatic N) is 1. The molecule has 0 heterocycles. The van der Waals surface area contributed by atoms with E-state index in [1.165, 1.54) is 12.1 Å². The van der Waals surface area contributed by atoms with E-state index in [9.17, 15) is 23.1 Å². The van der Waals surface area contributed by atoms with Crippen LogP contribution in [0.1, 0.15) is 41.6 Å². The van der Waals surface area contributed by atoms with Crippen LogP contribution in [0.15, 0.2) is 18.2 Å². The van der Waals surface area contributed by atoms with E-state index in [0.29, 0.717) is 18.5 Å². The standard InChI is InChI=1S/C15H18F3NO2/c1-19(10-14(21)6-2-3-7-14)12-5-4-11(9-20)13(8-12)15(16,17)18/h4-5,8-9,21H,2-3,6-7,10H2,1H3. The summed E-state index contributed by atoms with van der Waals surface area (Å²) < 4.78 is 38.8. The van der Waals surface area contributed by atoms with Gasteiger partial charge in [0, 0.05) is 24.8 Å². The number of anilines is 1. The van der Waals surface area contributed by atoms with Gasteiger partial charge in [-0.15, -0.1) is 0 Å². The number of hydrogen-bond acceptors (Lipinski definition) is 3. The lowest BCUT2D eigenvalue weighted by atomic mass is 10.0. The second-order valence-corrected chi connectivity index (χ2v) is 5.67. The highest BCUT2D eigenvalue weighted by atomic mass is 19.4. The molecule has 0 bridgehead atoms. The number of benzene rings is 1. The molecule has 2 rings (SSSR count). The first-order valence-corrected chi connectivity index (χ1v) is 6.85. The van der Waals surface area contributed by atoms with Crippen molar-refractivity contribution >= 4 is 12.0 Å². The highest BCUT2D eigenvalue weighted by Gasteiger charge is 2.35. The monoisotopic (exact) mass is 301 g/mol. The van der Waals surface area contributed by atoms with E-state index in [4.69, 9.17) is 0 Å². The number of aldehydes is 1. The molecule has 1 aromatic carbocycles. The first-order chi connectivity index (χ1) is 9.75. The molecule has 1 N–H and O–H groups in total. The maximum absolute atomic E-state index is 12.9. The number of alkyl halides is 3. The third-order valence-corrected chi connectivity index (χ3v) is 3.98. The molecule has 1 aliphatic rings. The van der Waals surface area contributed by atoms with Gasteiger partial charge in [0.05, 0.1) is 11.2 Å². The van der Waals surface area contributed by atoms with Crippen LogP contribution in [0.25, 0.3) is 0 Å². The molecule has 21 heavy (non-hydrogen) atoms. The van der Waals surface area contributed by atoms with Crippen molar-refractivity contribution in [2.75, 3.05) is 18.5 Å². The topological polar surface area (TPSA) is 40.5 Å². The number of carbonyl (C=O) groups excluding carboxylic acids is 1. The van der Waals surface area contributed by atoms with Crippen LogP contribution in [0, 0.1) is 0 Å². The summed E-state index contributed by atoms with van der Waals surface area (Å²) in [4.78, 5) is 12.3. The van der Waals surface area contributed by atoms with E-state index in [-0.39, 0.29) is 18.4 Å². The predicted octanol–water partition coefficient (Wildman–Crippen LogP) is 3.26. The van der Waals surface area contributed by atoms with Gasteiger partial charge in [-0.1, -0.05) is 12.8 Å². The molecule has 1 aliphatic carbocycles. The average Bonchev–Trinajstić information content (AvgIpc) is 2.83. The Balaban J connectivity index is 2.25. The third kappa shape index (κ3) is 3.56. The fourth-order valence-electron chi connectivity index (χ4n) is 2.85. The lowest BCUT2D eigenvalue weighted by Gasteiger charge is -2.30. The van der Waals surface area contributed by atoms with Gasteiger partial charge >= 0.3 is 6.18 Å². The van der Waals surface area contributed by atoms with Crippen molar-refractivity contribution in [3.05, 3.63) is 29.3 Å². The van der Waals surface area contributed by atoms with Crippen LogP contribution in [-0.2, 0) is 6.18 Å².